The third-order valence-corrected chi connectivity index (χ3v) is 3.93. The van der Waals surface area contributed by atoms with Crippen molar-refractivity contribution in [2.24, 2.45) is 7.05 Å². The first kappa shape index (κ1) is 16.7. The fraction of sp³-hybridized carbons (Fsp3) is 0.533. The molecule has 0 aliphatic rings. The van der Waals surface area contributed by atoms with E-state index < -0.39 is 0 Å². The zero-order chi connectivity index (χ0) is 16.3. The van der Waals surface area contributed by atoms with Crippen LogP contribution in [0.5, 0.6) is 0 Å². The molecule has 6 nitrogen and oxygen atoms in total. The van der Waals surface area contributed by atoms with Crippen LogP contribution in [0.2, 0.25) is 5.15 Å². The zero-order valence-corrected chi connectivity index (χ0v) is 14.5. The quantitative estimate of drug-likeness (QED) is 0.828. The summed E-state index contributed by atoms with van der Waals surface area (Å²) in [6.07, 6.45) is 4.72. The smallest absolute Gasteiger partial charge is 0.138 e. The van der Waals surface area contributed by atoms with Gasteiger partial charge in [0.25, 0.3) is 0 Å². The Balaban J connectivity index is 2.20. The van der Waals surface area contributed by atoms with Crippen LogP contribution >= 0.6 is 11.6 Å². The van der Waals surface area contributed by atoms with E-state index >= 15 is 0 Å². The van der Waals surface area contributed by atoms with Gasteiger partial charge in [0.1, 0.15) is 16.8 Å². The van der Waals surface area contributed by atoms with Crippen molar-refractivity contribution in [3.8, 4) is 0 Å². The fourth-order valence-electron chi connectivity index (χ4n) is 2.43. The first-order valence-corrected chi connectivity index (χ1v) is 7.72. The van der Waals surface area contributed by atoms with Crippen LogP contribution in [0.1, 0.15) is 29.9 Å². The minimum Gasteiger partial charge on any atom is -0.368 e. The lowest BCUT2D eigenvalue weighted by molar-refractivity contribution is 0.311. The average molecular weight is 323 g/mol. The molecule has 0 aliphatic carbocycles. The second-order valence-corrected chi connectivity index (χ2v) is 5.91. The van der Waals surface area contributed by atoms with E-state index in [1.807, 2.05) is 31.0 Å². The molecule has 2 aromatic rings. The highest BCUT2D eigenvalue weighted by Gasteiger charge is 2.17. The van der Waals surface area contributed by atoms with Gasteiger partial charge in [0, 0.05) is 30.9 Å². The molecule has 0 spiro atoms. The second-order valence-electron chi connectivity index (χ2n) is 5.55. The molecule has 0 unspecified atom stereocenters. The first-order valence-electron chi connectivity index (χ1n) is 7.34. The van der Waals surface area contributed by atoms with Gasteiger partial charge in [-0.2, -0.15) is 5.10 Å². The van der Waals surface area contributed by atoms with Crippen molar-refractivity contribution in [2.45, 2.75) is 26.3 Å². The van der Waals surface area contributed by atoms with Crippen molar-refractivity contribution < 1.29 is 0 Å². The number of aryl methyl sites for hydroxylation is 2. The van der Waals surface area contributed by atoms with Gasteiger partial charge in [-0.25, -0.2) is 9.97 Å². The Hall–Kier alpha value is -1.66. The summed E-state index contributed by atoms with van der Waals surface area (Å²) in [7, 11) is 6.03. The molecule has 1 atom stereocenters. The number of nitrogens with zero attached hydrogens (tertiary/aromatic N) is 5. The Bertz CT molecular complexity index is 637. The summed E-state index contributed by atoms with van der Waals surface area (Å²) in [4.78, 5) is 10.9. The van der Waals surface area contributed by atoms with E-state index in [-0.39, 0.29) is 6.04 Å². The molecule has 7 heteroatoms. The second kappa shape index (κ2) is 7.07. The van der Waals surface area contributed by atoms with E-state index in [0.29, 0.717) is 11.0 Å². The normalized spacial score (nSPS) is 12.7. The van der Waals surface area contributed by atoms with Gasteiger partial charge in [0.2, 0.25) is 0 Å². The summed E-state index contributed by atoms with van der Waals surface area (Å²) in [6.45, 7) is 4.62. The van der Waals surface area contributed by atoms with Crippen LogP contribution in [0.15, 0.2) is 12.4 Å². The van der Waals surface area contributed by atoms with Crippen molar-refractivity contribution in [3.63, 3.8) is 0 Å². The Morgan fingerprint density at radius 2 is 2.09 bits per heavy atom. The minimum absolute atomic E-state index is 0.201. The number of rotatable bonds is 6. The summed E-state index contributed by atoms with van der Waals surface area (Å²) in [5.74, 6) is 1.49. The molecule has 0 aromatic carbocycles. The Kier molecular flexibility index (Phi) is 5.37. The number of anilines is 1. The van der Waals surface area contributed by atoms with Crippen LogP contribution in [0.3, 0.4) is 0 Å². The molecule has 1 N–H and O–H groups in total. The van der Waals surface area contributed by atoms with Crippen LogP contribution in [0.4, 0.5) is 5.82 Å². The number of hydrogen-bond donors (Lipinski definition) is 1. The maximum atomic E-state index is 6.22. The molecular weight excluding hydrogens is 300 g/mol. The van der Waals surface area contributed by atoms with Crippen molar-refractivity contribution in [1.82, 2.24) is 24.6 Å². The predicted molar refractivity (Wildman–Crippen MR) is 89.3 cm³/mol. The standard InChI is InChI=1S/C15H23ClN6/c1-6-12-14(16)19-10(2)20-15(12)17-8-13(21(3)4)11-7-18-22(5)9-11/h7,9,13H,6,8H2,1-5H3,(H,17,19,20)/t13-/m0/s1. The molecule has 0 amide bonds. The van der Waals surface area contributed by atoms with Crippen LogP contribution in [-0.2, 0) is 13.5 Å². The van der Waals surface area contributed by atoms with Crippen molar-refractivity contribution in [2.75, 3.05) is 26.0 Å². The molecule has 120 valence electrons. The Labute approximate surface area is 136 Å². The summed E-state index contributed by atoms with van der Waals surface area (Å²) in [5.41, 5.74) is 2.12. The topological polar surface area (TPSA) is 58.9 Å². The highest BCUT2D eigenvalue weighted by atomic mass is 35.5. The number of halogens is 1. The lowest BCUT2D eigenvalue weighted by atomic mass is 10.1. The molecule has 22 heavy (non-hydrogen) atoms. The van der Waals surface area contributed by atoms with Gasteiger partial charge in [-0.1, -0.05) is 18.5 Å². The molecule has 2 rings (SSSR count). The van der Waals surface area contributed by atoms with Gasteiger partial charge < -0.3 is 10.2 Å². The summed E-state index contributed by atoms with van der Waals surface area (Å²) in [6, 6.07) is 0.201. The van der Waals surface area contributed by atoms with Gasteiger partial charge in [-0.05, 0) is 27.4 Å². The van der Waals surface area contributed by atoms with Crippen LogP contribution in [-0.4, -0.2) is 45.3 Å². The van der Waals surface area contributed by atoms with E-state index in [1.54, 1.807) is 0 Å². The van der Waals surface area contributed by atoms with Crippen LogP contribution in [0.25, 0.3) is 0 Å². The first-order chi connectivity index (χ1) is 10.4. The largest absolute Gasteiger partial charge is 0.368 e. The maximum absolute atomic E-state index is 6.22. The minimum atomic E-state index is 0.201. The SMILES string of the molecule is CCc1c(Cl)nc(C)nc1NC[C@@H](c1cnn(C)c1)N(C)C. The number of aromatic nitrogens is 4. The van der Waals surface area contributed by atoms with Crippen LogP contribution in [0, 0.1) is 6.92 Å². The van der Waals surface area contributed by atoms with Gasteiger partial charge in [-0.15, -0.1) is 0 Å². The highest BCUT2D eigenvalue weighted by molar-refractivity contribution is 6.30. The molecule has 0 saturated carbocycles. The predicted octanol–water partition coefficient (Wildman–Crippen LogP) is 2.45. The molecule has 0 saturated heterocycles. The summed E-state index contributed by atoms with van der Waals surface area (Å²) >= 11 is 6.22. The summed E-state index contributed by atoms with van der Waals surface area (Å²) < 4.78 is 1.81. The number of nitrogens with one attached hydrogen (secondary N) is 1. The monoisotopic (exact) mass is 322 g/mol. The fourth-order valence-corrected chi connectivity index (χ4v) is 2.77. The average Bonchev–Trinajstić information content (AvgIpc) is 2.84. The maximum Gasteiger partial charge on any atom is 0.138 e. The lowest BCUT2D eigenvalue weighted by Crippen LogP contribution is -2.27. The Morgan fingerprint density at radius 3 is 2.64 bits per heavy atom. The number of likely N-dealkylation sites (N-methyl/N-ethyl adjacent to an activating group) is 1. The molecule has 0 bridgehead atoms. The number of hydrogen-bond acceptors (Lipinski definition) is 5. The van der Waals surface area contributed by atoms with Crippen molar-refractivity contribution in [1.29, 1.82) is 0 Å². The Morgan fingerprint density at radius 1 is 1.36 bits per heavy atom. The molecule has 0 aliphatic heterocycles. The zero-order valence-electron chi connectivity index (χ0n) is 13.8. The van der Waals surface area contributed by atoms with Gasteiger partial charge >= 0.3 is 0 Å². The third kappa shape index (κ3) is 3.75. The molecule has 2 heterocycles. The lowest BCUT2D eigenvalue weighted by Gasteiger charge is -2.24. The third-order valence-electron chi connectivity index (χ3n) is 3.62. The molecule has 0 radical (unpaired) electrons. The van der Waals surface area contributed by atoms with Crippen LogP contribution < -0.4 is 5.32 Å². The van der Waals surface area contributed by atoms with Gasteiger partial charge in [0.15, 0.2) is 0 Å². The molecule has 0 fully saturated rings. The molecule has 2 aromatic heterocycles. The van der Waals surface area contributed by atoms with Crippen molar-refractivity contribution in [3.05, 3.63) is 34.5 Å². The molecular formula is C15H23ClN6. The van der Waals surface area contributed by atoms with E-state index in [4.69, 9.17) is 11.6 Å². The van der Waals surface area contributed by atoms with E-state index in [2.05, 4.69) is 46.3 Å². The van der Waals surface area contributed by atoms with Crippen molar-refractivity contribution >= 4 is 17.4 Å². The van der Waals surface area contributed by atoms with Gasteiger partial charge in [-0.3, -0.25) is 4.68 Å². The van der Waals surface area contributed by atoms with E-state index in [0.717, 1.165) is 29.9 Å². The highest BCUT2D eigenvalue weighted by Crippen LogP contribution is 2.24. The van der Waals surface area contributed by atoms with E-state index in [9.17, 15) is 0 Å². The van der Waals surface area contributed by atoms with Gasteiger partial charge in [0.05, 0.1) is 12.2 Å². The van der Waals surface area contributed by atoms with E-state index in [1.165, 1.54) is 0 Å². The summed E-state index contributed by atoms with van der Waals surface area (Å²) in [5, 5.41) is 8.20.